The van der Waals surface area contributed by atoms with Crippen LogP contribution >= 0.6 is 0 Å². The third kappa shape index (κ3) is 4.51. The van der Waals surface area contributed by atoms with Gasteiger partial charge in [0.25, 0.3) is 5.91 Å². The Morgan fingerprint density at radius 1 is 1.35 bits per heavy atom. The number of pyridine rings is 1. The summed E-state index contributed by atoms with van der Waals surface area (Å²) >= 11 is 0. The van der Waals surface area contributed by atoms with Gasteiger partial charge in [0.05, 0.1) is 12.2 Å². The van der Waals surface area contributed by atoms with Crippen LogP contribution in [0.5, 0.6) is 0 Å². The van der Waals surface area contributed by atoms with Gasteiger partial charge in [-0.15, -0.1) is 0 Å². The highest BCUT2D eigenvalue weighted by Gasteiger charge is 2.13. The largest absolute Gasteiger partial charge is 0.480 e. The second kappa shape index (κ2) is 7.44. The molecule has 0 spiro atoms. The van der Waals surface area contributed by atoms with Crippen LogP contribution in [-0.2, 0) is 9.53 Å². The summed E-state index contributed by atoms with van der Waals surface area (Å²) in [5.41, 5.74) is 0.459. The molecule has 7 heteroatoms. The number of carboxylic acid groups (broad SMARTS) is 1. The van der Waals surface area contributed by atoms with Gasteiger partial charge >= 0.3 is 5.97 Å². The zero-order valence-corrected chi connectivity index (χ0v) is 11.9. The quantitative estimate of drug-likeness (QED) is 0.775. The van der Waals surface area contributed by atoms with Crippen LogP contribution in [0.3, 0.4) is 0 Å². The van der Waals surface area contributed by atoms with E-state index >= 15 is 0 Å². The number of ether oxygens (including phenoxy) is 1. The lowest BCUT2D eigenvalue weighted by Crippen LogP contribution is -2.33. The predicted octanol–water partition coefficient (Wildman–Crippen LogP) is 0.321. The predicted molar refractivity (Wildman–Crippen MR) is 74.0 cm³/mol. The van der Waals surface area contributed by atoms with Crippen molar-refractivity contribution in [2.75, 3.05) is 45.8 Å². The molecule has 1 aromatic heterocycles. The summed E-state index contributed by atoms with van der Waals surface area (Å²) < 4.78 is 4.95. The van der Waals surface area contributed by atoms with Crippen molar-refractivity contribution in [1.82, 2.24) is 9.88 Å². The number of rotatable bonds is 7. The molecule has 0 saturated heterocycles. The molecule has 0 unspecified atom stereocenters. The second-order valence-corrected chi connectivity index (χ2v) is 4.41. The van der Waals surface area contributed by atoms with E-state index in [0.29, 0.717) is 24.5 Å². The molecular formula is C13H19N3O4. The van der Waals surface area contributed by atoms with Gasteiger partial charge < -0.3 is 19.6 Å². The molecule has 1 rings (SSSR count). The average Bonchev–Trinajstić information content (AvgIpc) is 2.42. The van der Waals surface area contributed by atoms with Crippen molar-refractivity contribution in [2.24, 2.45) is 0 Å². The standard InChI is InChI=1S/C13H19N3O4/c1-15(2)13(19)10-4-5-11(14-8-10)16(6-7-20-3)9-12(17)18/h4-5,8H,6-7,9H2,1-3H3,(H,17,18). The number of hydrogen-bond donors (Lipinski definition) is 1. The molecular weight excluding hydrogens is 262 g/mol. The summed E-state index contributed by atoms with van der Waals surface area (Å²) in [5.74, 6) is -0.596. The summed E-state index contributed by atoms with van der Waals surface area (Å²) in [6, 6.07) is 3.27. The van der Waals surface area contributed by atoms with Gasteiger partial charge in [0, 0.05) is 33.9 Å². The maximum atomic E-state index is 11.7. The van der Waals surface area contributed by atoms with Crippen molar-refractivity contribution in [1.29, 1.82) is 0 Å². The van der Waals surface area contributed by atoms with Gasteiger partial charge in [-0.3, -0.25) is 9.59 Å². The topological polar surface area (TPSA) is 83.0 Å². The van der Waals surface area contributed by atoms with E-state index in [4.69, 9.17) is 9.84 Å². The van der Waals surface area contributed by atoms with E-state index in [-0.39, 0.29) is 12.5 Å². The highest BCUT2D eigenvalue weighted by molar-refractivity contribution is 5.93. The number of aliphatic carboxylic acids is 1. The van der Waals surface area contributed by atoms with Crippen LogP contribution in [0, 0.1) is 0 Å². The van der Waals surface area contributed by atoms with E-state index in [1.165, 1.54) is 11.1 Å². The molecule has 1 aromatic rings. The SMILES string of the molecule is COCCN(CC(=O)O)c1ccc(C(=O)N(C)C)cn1. The molecule has 0 fully saturated rings. The minimum atomic E-state index is -0.948. The van der Waals surface area contributed by atoms with Crippen molar-refractivity contribution >= 4 is 17.7 Å². The molecule has 1 heterocycles. The summed E-state index contributed by atoms with van der Waals surface area (Å²) in [4.78, 5) is 29.8. The summed E-state index contributed by atoms with van der Waals surface area (Å²) in [5, 5.41) is 8.89. The van der Waals surface area contributed by atoms with Crippen molar-refractivity contribution in [3.05, 3.63) is 23.9 Å². The Morgan fingerprint density at radius 3 is 2.50 bits per heavy atom. The van der Waals surface area contributed by atoms with Crippen molar-refractivity contribution in [2.45, 2.75) is 0 Å². The smallest absolute Gasteiger partial charge is 0.323 e. The normalized spacial score (nSPS) is 10.2. The van der Waals surface area contributed by atoms with E-state index in [1.54, 1.807) is 38.2 Å². The molecule has 0 aliphatic rings. The van der Waals surface area contributed by atoms with Crippen LogP contribution in [0.4, 0.5) is 5.82 Å². The fourth-order valence-electron chi connectivity index (χ4n) is 1.60. The molecule has 0 aliphatic carbocycles. The van der Waals surface area contributed by atoms with Crippen LogP contribution < -0.4 is 4.90 Å². The Morgan fingerprint density at radius 2 is 2.05 bits per heavy atom. The summed E-state index contributed by atoms with van der Waals surface area (Å²) in [7, 11) is 4.86. The molecule has 0 aliphatic heterocycles. The number of hydrogen-bond acceptors (Lipinski definition) is 5. The van der Waals surface area contributed by atoms with E-state index in [0.717, 1.165) is 0 Å². The van der Waals surface area contributed by atoms with Crippen molar-refractivity contribution in [3.63, 3.8) is 0 Å². The Labute approximate surface area is 117 Å². The molecule has 7 nitrogen and oxygen atoms in total. The molecule has 0 saturated carbocycles. The monoisotopic (exact) mass is 281 g/mol. The molecule has 110 valence electrons. The first-order chi connectivity index (χ1) is 9.45. The van der Waals surface area contributed by atoms with Gasteiger partial charge in [-0.1, -0.05) is 0 Å². The fourth-order valence-corrected chi connectivity index (χ4v) is 1.60. The van der Waals surface area contributed by atoms with Gasteiger partial charge in [-0.05, 0) is 12.1 Å². The minimum Gasteiger partial charge on any atom is -0.480 e. The van der Waals surface area contributed by atoms with Crippen LogP contribution in [0.15, 0.2) is 18.3 Å². The zero-order valence-electron chi connectivity index (χ0n) is 11.9. The number of methoxy groups -OCH3 is 1. The number of amides is 1. The number of carbonyl (C=O) groups is 2. The highest BCUT2D eigenvalue weighted by atomic mass is 16.5. The van der Waals surface area contributed by atoms with Gasteiger partial charge in [0.2, 0.25) is 0 Å². The maximum Gasteiger partial charge on any atom is 0.323 e. The highest BCUT2D eigenvalue weighted by Crippen LogP contribution is 2.12. The first-order valence-electron chi connectivity index (χ1n) is 6.09. The van der Waals surface area contributed by atoms with Crippen LogP contribution in [0.2, 0.25) is 0 Å². The van der Waals surface area contributed by atoms with Crippen LogP contribution in [0.1, 0.15) is 10.4 Å². The van der Waals surface area contributed by atoms with Gasteiger partial charge in [-0.2, -0.15) is 0 Å². The van der Waals surface area contributed by atoms with E-state index in [9.17, 15) is 9.59 Å². The van der Waals surface area contributed by atoms with Crippen LogP contribution in [-0.4, -0.2) is 67.8 Å². The molecule has 0 aromatic carbocycles. The lowest BCUT2D eigenvalue weighted by atomic mass is 10.2. The Kier molecular flexibility index (Phi) is 5.92. The number of nitrogens with zero attached hydrogens (tertiary/aromatic N) is 3. The van der Waals surface area contributed by atoms with E-state index in [2.05, 4.69) is 4.98 Å². The van der Waals surface area contributed by atoms with Crippen molar-refractivity contribution < 1.29 is 19.4 Å². The van der Waals surface area contributed by atoms with E-state index < -0.39 is 5.97 Å². The first-order valence-corrected chi connectivity index (χ1v) is 6.09. The molecule has 1 amide bonds. The molecule has 20 heavy (non-hydrogen) atoms. The lowest BCUT2D eigenvalue weighted by Gasteiger charge is -2.21. The number of carboxylic acids is 1. The number of anilines is 1. The van der Waals surface area contributed by atoms with Gasteiger partial charge in [-0.25, -0.2) is 4.98 Å². The summed E-state index contributed by atoms with van der Waals surface area (Å²) in [6.07, 6.45) is 1.44. The third-order valence-electron chi connectivity index (χ3n) is 2.62. The molecule has 0 bridgehead atoms. The Hall–Kier alpha value is -2.15. The summed E-state index contributed by atoms with van der Waals surface area (Å²) in [6.45, 7) is 0.640. The molecule has 0 radical (unpaired) electrons. The molecule has 1 N–H and O–H groups in total. The minimum absolute atomic E-state index is 0.147. The maximum absolute atomic E-state index is 11.7. The number of aromatic nitrogens is 1. The molecule has 0 atom stereocenters. The van der Waals surface area contributed by atoms with E-state index in [1.807, 2.05) is 0 Å². The van der Waals surface area contributed by atoms with Crippen molar-refractivity contribution in [3.8, 4) is 0 Å². The Balaban J connectivity index is 2.86. The van der Waals surface area contributed by atoms with Crippen LogP contribution in [0.25, 0.3) is 0 Å². The average molecular weight is 281 g/mol. The fraction of sp³-hybridized carbons (Fsp3) is 0.462. The lowest BCUT2D eigenvalue weighted by molar-refractivity contribution is -0.135. The van der Waals surface area contributed by atoms with Gasteiger partial charge in [0.1, 0.15) is 12.4 Å². The second-order valence-electron chi connectivity index (χ2n) is 4.41. The third-order valence-corrected chi connectivity index (χ3v) is 2.62. The van der Waals surface area contributed by atoms with Gasteiger partial charge in [0.15, 0.2) is 0 Å². The Bertz CT molecular complexity index is 459. The zero-order chi connectivity index (χ0) is 15.1. The number of carbonyl (C=O) groups excluding carboxylic acids is 1. The first kappa shape index (κ1) is 15.9.